The molecule has 0 amide bonds. The monoisotopic (exact) mass is 291 g/mol. The first kappa shape index (κ1) is 14.9. The number of aromatic nitrogens is 1. The first-order valence-electron chi connectivity index (χ1n) is 5.28. The summed E-state index contributed by atoms with van der Waals surface area (Å²) in [5.74, 6) is -0.887. The minimum atomic E-state index is -4.01. The van der Waals surface area contributed by atoms with Crippen molar-refractivity contribution in [1.82, 2.24) is 9.29 Å². The zero-order chi connectivity index (χ0) is 13.8. The average Bonchev–Trinajstić information content (AvgIpc) is 2.28. The van der Waals surface area contributed by atoms with Crippen LogP contribution in [0.3, 0.4) is 0 Å². The van der Waals surface area contributed by atoms with Gasteiger partial charge in [-0.05, 0) is 18.6 Å². The summed E-state index contributed by atoms with van der Waals surface area (Å²) in [5.41, 5.74) is 5.35. The number of hydrogen-bond acceptors (Lipinski definition) is 4. The number of pyridine rings is 1. The van der Waals surface area contributed by atoms with Crippen molar-refractivity contribution in [2.75, 3.05) is 13.1 Å². The van der Waals surface area contributed by atoms with Crippen LogP contribution in [0.1, 0.15) is 13.3 Å². The molecule has 0 bridgehead atoms. The standard InChI is InChI=1S/C10H14FN3O2S2/c1-2-6-14(7-9(12)17)18(15,16)10-8(11)4-3-5-13-10/h3-5H,2,6-7H2,1H3,(H2,12,17). The highest BCUT2D eigenvalue weighted by Gasteiger charge is 2.28. The highest BCUT2D eigenvalue weighted by atomic mass is 32.2. The summed E-state index contributed by atoms with van der Waals surface area (Å²) in [4.78, 5) is 3.60. The van der Waals surface area contributed by atoms with E-state index in [4.69, 9.17) is 18.0 Å². The fraction of sp³-hybridized carbons (Fsp3) is 0.400. The Kier molecular flexibility index (Phi) is 5.12. The average molecular weight is 291 g/mol. The molecule has 0 aromatic carbocycles. The van der Waals surface area contributed by atoms with Gasteiger partial charge in [0.2, 0.25) is 5.03 Å². The van der Waals surface area contributed by atoms with Crippen molar-refractivity contribution in [2.24, 2.45) is 5.73 Å². The van der Waals surface area contributed by atoms with E-state index >= 15 is 0 Å². The SMILES string of the molecule is CCCN(CC(N)=S)S(=O)(=O)c1ncccc1F. The molecule has 8 heteroatoms. The van der Waals surface area contributed by atoms with E-state index in [1.54, 1.807) is 6.92 Å². The van der Waals surface area contributed by atoms with E-state index in [0.717, 1.165) is 10.4 Å². The van der Waals surface area contributed by atoms with Crippen LogP contribution in [0.25, 0.3) is 0 Å². The number of hydrogen-bond donors (Lipinski definition) is 1. The summed E-state index contributed by atoms with van der Waals surface area (Å²) in [7, 11) is -4.01. The van der Waals surface area contributed by atoms with Crippen molar-refractivity contribution >= 4 is 27.2 Å². The van der Waals surface area contributed by atoms with Crippen molar-refractivity contribution in [3.05, 3.63) is 24.1 Å². The first-order chi connectivity index (χ1) is 8.39. The maximum absolute atomic E-state index is 13.5. The maximum atomic E-state index is 13.5. The zero-order valence-corrected chi connectivity index (χ0v) is 11.5. The van der Waals surface area contributed by atoms with E-state index in [0.29, 0.717) is 6.42 Å². The highest BCUT2D eigenvalue weighted by Crippen LogP contribution is 2.16. The van der Waals surface area contributed by atoms with Gasteiger partial charge < -0.3 is 5.73 Å². The van der Waals surface area contributed by atoms with Crippen molar-refractivity contribution in [1.29, 1.82) is 0 Å². The third-order valence-electron chi connectivity index (χ3n) is 2.11. The van der Waals surface area contributed by atoms with Gasteiger partial charge in [-0.3, -0.25) is 0 Å². The van der Waals surface area contributed by atoms with Gasteiger partial charge in [-0.15, -0.1) is 0 Å². The van der Waals surface area contributed by atoms with Crippen LogP contribution in [-0.4, -0.2) is 35.8 Å². The Morgan fingerprint density at radius 1 is 1.61 bits per heavy atom. The van der Waals surface area contributed by atoms with Gasteiger partial charge in [-0.25, -0.2) is 17.8 Å². The lowest BCUT2D eigenvalue weighted by atomic mass is 10.5. The van der Waals surface area contributed by atoms with E-state index in [9.17, 15) is 12.8 Å². The summed E-state index contributed by atoms with van der Waals surface area (Å²) >= 11 is 4.70. The van der Waals surface area contributed by atoms with Gasteiger partial charge in [0.1, 0.15) is 0 Å². The summed E-state index contributed by atoms with van der Waals surface area (Å²) < 4.78 is 38.9. The Morgan fingerprint density at radius 3 is 2.78 bits per heavy atom. The molecular weight excluding hydrogens is 277 g/mol. The van der Waals surface area contributed by atoms with Crippen LogP contribution in [0, 0.1) is 5.82 Å². The molecule has 0 fully saturated rings. The van der Waals surface area contributed by atoms with Crippen LogP contribution in [-0.2, 0) is 10.0 Å². The van der Waals surface area contributed by atoms with E-state index in [-0.39, 0.29) is 18.1 Å². The Morgan fingerprint density at radius 2 is 2.28 bits per heavy atom. The maximum Gasteiger partial charge on any atom is 0.263 e. The zero-order valence-electron chi connectivity index (χ0n) is 9.84. The van der Waals surface area contributed by atoms with E-state index in [1.165, 1.54) is 12.3 Å². The third-order valence-corrected chi connectivity index (χ3v) is 4.02. The Bertz CT molecular complexity index is 534. The number of thiocarbonyl (C=S) groups is 1. The lowest BCUT2D eigenvalue weighted by Gasteiger charge is -2.20. The number of rotatable bonds is 6. The molecule has 1 aromatic heterocycles. The van der Waals surface area contributed by atoms with Gasteiger partial charge >= 0.3 is 0 Å². The fourth-order valence-electron chi connectivity index (χ4n) is 1.39. The Hall–Kier alpha value is -1.12. The van der Waals surface area contributed by atoms with E-state index in [1.807, 2.05) is 0 Å². The minimum Gasteiger partial charge on any atom is -0.392 e. The van der Waals surface area contributed by atoms with Crippen molar-refractivity contribution < 1.29 is 12.8 Å². The second-order valence-corrected chi connectivity index (χ2v) is 5.97. The molecule has 0 unspecified atom stereocenters. The van der Waals surface area contributed by atoms with E-state index in [2.05, 4.69) is 4.98 Å². The molecule has 1 heterocycles. The molecule has 0 aliphatic heterocycles. The van der Waals surface area contributed by atoms with Crippen LogP contribution in [0.2, 0.25) is 0 Å². The Labute approximate surface area is 111 Å². The number of sulfonamides is 1. The molecule has 0 spiro atoms. The van der Waals surface area contributed by atoms with Crippen LogP contribution in [0.4, 0.5) is 4.39 Å². The van der Waals surface area contributed by atoms with Gasteiger partial charge in [0.15, 0.2) is 5.82 Å². The number of nitrogens with two attached hydrogens (primary N) is 1. The lowest BCUT2D eigenvalue weighted by molar-refractivity contribution is 0.440. The number of nitrogens with zero attached hydrogens (tertiary/aromatic N) is 2. The summed E-state index contributed by atoms with van der Waals surface area (Å²) in [6.45, 7) is 1.88. The van der Waals surface area contributed by atoms with Crippen LogP contribution in [0.15, 0.2) is 23.4 Å². The summed E-state index contributed by atoms with van der Waals surface area (Å²) in [6, 6.07) is 2.37. The molecule has 18 heavy (non-hydrogen) atoms. The second-order valence-electron chi connectivity index (χ2n) is 3.60. The molecule has 1 aromatic rings. The van der Waals surface area contributed by atoms with Crippen LogP contribution >= 0.6 is 12.2 Å². The molecule has 100 valence electrons. The van der Waals surface area contributed by atoms with E-state index < -0.39 is 20.9 Å². The van der Waals surface area contributed by atoms with Crippen molar-refractivity contribution in [3.63, 3.8) is 0 Å². The predicted octanol–water partition coefficient (Wildman–Crippen LogP) is 0.907. The molecule has 0 saturated heterocycles. The van der Waals surface area contributed by atoms with Crippen molar-refractivity contribution in [2.45, 2.75) is 18.4 Å². The molecule has 5 nitrogen and oxygen atoms in total. The molecule has 0 radical (unpaired) electrons. The number of halogens is 1. The molecular formula is C10H14FN3O2S2. The first-order valence-corrected chi connectivity index (χ1v) is 7.13. The largest absolute Gasteiger partial charge is 0.392 e. The molecule has 0 saturated carbocycles. The lowest BCUT2D eigenvalue weighted by Crippen LogP contribution is -2.38. The molecule has 2 N–H and O–H groups in total. The van der Waals surface area contributed by atoms with Gasteiger partial charge in [0.05, 0.1) is 11.5 Å². The smallest absolute Gasteiger partial charge is 0.263 e. The summed E-state index contributed by atoms with van der Waals surface area (Å²) in [5, 5.41) is -0.602. The third kappa shape index (κ3) is 3.44. The highest BCUT2D eigenvalue weighted by molar-refractivity contribution is 7.89. The molecule has 0 aliphatic rings. The molecule has 1 rings (SSSR count). The minimum absolute atomic E-state index is 0.0309. The normalized spacial score (nSPS) is 11.7. The fourth-order valence-corrected chi connectivity index (χ4v) is 3.11. The second kappa shape index (κ2) is 6.17. The van der Waals surface area contributed by atoms with Gasteiger partial charge in [-0.1, -0.05) is 19.1 Å². The topological polar surface area (TPSA) is 76.3 Å². The molecule has 0 atom stereocenters. The summed E-state index contributed by atoms with van der Waals surface area (Å²) in [6.07, 6.45) is 1.79. The van der Waals surface area contributed by atoms with Crippen LogP contribution in [0.5, 0.6) is 0 Å². The van der Waals surface area contributed by atoms with Crippen molar-refractivity contribution in [3.8, 4) is 0 Å². The predicted molar refractivity (Wildman–Crippen MR) is 70.0 cm³/mol. The molecule has 0 aliphatic carbocycles. The Balaban J connectivity index is 3.17. The quantitative estimate of drug-likeness (QED) is 0.788. The van der Waals surface area contributed by atoms with Crippen LogP contribution < -0.4 is 5.73 Å². The van der Waals surface area contributed by atoms with Gasteiger partial charge in [0, 0.05) is 12.7 Å². The van der Waals surface area contributed by atoms with Gasteiger partial charge in [0.25, 0.3) is 10.0 Å². The van der Waals surface area contributed by atoms with Gasteiger partial charge in [-0.2, -0.15) is 4.31 Å².